The summed E-state index contributed by atoms with van der Waals surface area (Å²) in [5.74, 6) is 0.375. The standard InChI is InChI=1S/C12H11ClFN3/c13-9-5-7(14)1-2-8(9)12-16-10-3-4-15-6-11(10)17-12/h1-2,5,15H,3-4,6H2,(H,16,17). The topological polar surface area (TPSA) is 40.7 Å². The molecule has 2 heterocycles. The zero-order valence-corrected chi connectivity index (χ0v) is 9.81. The van der Waals surface area contributed by atoms with Crippen molar-refractivity contribution in [2.24, 2.45) is 0 Å². The summed E-state index contributed by atoms with van der Waals surface area (Å²) in [5, 5.41) is 3.64. The minimum atomic E-state index is -0.336. The monoisotopic (exact) mass is 251 g/mol. The molecule has 17 heavy (non-hydrogen) atoms. The van der Waals surface area contributed by atoms with Crippen LogP contribution in [-0.2, 0) is 13.0 Å². The van der Waals surface area contributed by atoms with Gasteiger partial charge in [-0.1, -0.05) is 11.6 Å². The SMILES string of the molecule is Fc1ccc(-c2nc3c([nH]2)CNCC3)c(Cl)c1. The molecule has 0 amide bonds. The van der Waals surface area contributed by atoms with Gasteiger partial charge in [0.05, 0.1) is 16.4 Å². The van der Waals surface area contributed by atoms with Gasteiger partial charge in [0.25, 0.3) is 0 Å². The number of halogens is 2. The fourth-order valence-electron chi connectivity index (χ4n) is 2.03. The summed E-state index contributed by atoms with van der Waals surface area (Å²) in [4.78, 5) is 7.74. The maximum Gasteiger partial charge on any atom is 0.139 e. The molecule has 1 aliphatic rings. The number of imidazole rings is 1. The lowest BCUT2D eigenvalue weighted by Crippen LogP contribution is -2.23. The van der Waals surface area contributed by atoms with Crippen molar-refractivity contribution in [3.05, 3.63) is 40.4 Å². The highest BCUT2D eigenvalue weighted by atomic mass is 35.5. The van der Waals surface area contributed by atoms with E-state index in [1.165, 1.54) is 12.1 Å². The lowest BCUT2D eigenvalue weighted by Gasteiger charge is -2.09. The Labute approximate surface area is 103 Å². The molecule has 0 aliphatic carbocycles. The molecule has 0 spiro atoms. The smallest absolute Gasteiger partial charge is 0.139 e. The van der Waals surface area contributed by atoms with E-state index in [2.05, 4.69) is 15.3 Å². The zero-order chi connectivity index (χ0) is 11.8. The molecule has 1 aliphatic heterocycles. The average Bonchev–Trinajstić information content (AvgIpc) is 2.72. The van der Waals surface area contributed by atoms with Crippen LogP contribution in [-0.4, -0.2) is 16.5 Å². The quantitative estimate of drug-likeness (QED) is 0.818. The molecule has 0 radical (unpaired) electrons. The minimum Gasteiger partial charge on any atom is -0.341 e. The Balaban J connectivity index is 2.06. The number of aromatic nitrogens is 2. The van der Waals surface area contributed by atoms with E-state index < -0.39 is 0 Å². The Morgan fingerprint density at radius 1 is 1.35 bits per heavy atom. The van der Waals surface area contributed by atoms with E-state index in [-0.39, 0.29) is 5.82 Å². The number of H-pyrrole nitrogens is 1. The van der Waals surface area contributed by atoms with Crippen molar-refractivity contribution in [2.75, 3.05) is 6.54 Å². The maximum atomic E-state index is 13.0. The predicted octanol–water partition coefficient (Wildman–Crippen LogP) is 2.51. The molecule has 0 fully saturated rings. The van der Waals surface area contributed by atoms with E-state index in [0.29, 0.717) is 10.8 Å². The Morgan fingerprint density at radius 2 is 2.24 bits per heavy atom. The van der Waals surface area contributed by atoms with Crippen molar-refractivity contribution in [1.82, 2.24) is 15.3 Å². The Kier molecular flexibility index (Phi) is 2.61. The molecule has 3 rings (SSSR count). The summed E-state index contributed by atoms with van der Waals surface area (Å²) in [6.07, 6.45) is 0.907. The number of nitrogens with one attached hydrogen (secondary N) is 2. The van der Waals surface area contributed by atoms with Crippen LogP contribution in [0.1, 0.15) is 11.4 Å². The van der Waals surface area contributed by atoms with E-state index in [1.807, 2.05) is 0 Å². The van der Waals surface area contributed by atoms with Crippen molar-refractivity contribution in [3.63, 3.8) is 0 Å². The molecule has 0 saturated heterocycles. The van der Waals surface area contributed by atoms with Crippen molar-refractivity contribution < 1.29 is 4.39 Å². The number of fused-ring (bicyclic) bond motifs is 1. The van der Waals surface area contributed by atoms with Gasteiger partial charge in [-0.05, 0) is 18.2 Å². The molecule has 0 bridgehead atoms. The fraction of sp³-hybridized carbons (Fsp3) is 0.250. The number of benzene rings is 1. The number of nitrogens with zero attached hydrogens (tertiary/aromatic N) is 1. The lowest BCUT2D eigenvalue weighted by atomic mass is 10.2. The van der Waals surface area contributed by atoms with E-state index in [0.717, 1.165) is 36.5 Å². The van der Waals surface area contributed by atoms with Gasteiger partial charge >= 0.3 is 0 Å². The van der Waals surface area contributed by atoms with Crippen LogP contribution in [0, 0.1) is 5.82 Å². The van der Waals surface area contributed by atoms with E-state index in [9.17, 15) is 4.39 Å². The lowest BCUT2D eigenvalue weighted by molar-refractivity contribution is 0.627. The van der Waals surface area contributed by atoms with Crippen molar-refractivity contribution in [3.8, 4) is 11.4 Å². The van der Waals surface area contributed by atoms with Crippen molar-refractivity contribution >= 4 is 11.6 Å². The first-order chi connectivity index (χ1) is 8.24. The van der Waals surface area contributed by atoms with Crippen molar-refractivity contribution in [2.45, 2.75) is 13.0 Å². The first-order valence-electron chi connectivity index (χ1n) is 5.48. The van der Waals surface area contributed by atoms with Crippen LogP contribution in [0.3, 0.4) is 0 Å². The zero-order valence-electron chi connectivity index (χ0n) is 9.06. The number of hydrogen-bond donors (Lipinski definition) is 2. The van der Waals surface area contributed by atoms with Gasteiger partial charge in [-0.2, -0.15) is 0 Å². The molecule has 0 saturated carbocycles. The average molecular weight is 252 g/mol. The second-order valence-corrected chi connectivity index (χ2v) is 4.47. The van der Waals surface area contributed by atoms with Gasteiger partial charge in [0.15, 0.2) is 0 Å². The molecule has 3 nitrogen and oxygen atoms in total. The molecule has 1 aromatic carbocycles. The summed E-state index contributed by atoms with van der Waals surface area (Å²) < 4.78 is 13.0. The third kappa shape index (κ3) is 1.94. The third-order valence-corrected chi connectivity index (χ3v) is 3.20. The first kappa shape index (κ1) is 10.7. The molecule has 2 aromatic rings. The van der Waals surface area contributed by atoms with Gasteiger partial charge in [0, 0.05) is 25.1 Å². The van der Waals surface area contributed by atoms with Crippen LogP contribution < -0.4 is 5.32 Å². The Bertz CT molecular complexity index is 541. The largest absolute Gasteiger partial charge is 0.341 e. The van der Waals surface area contributed by atoms with Crippen LogP contribution in [0.5, 0.6) is 0 Å². The molecule has 88 valence electrons. The highest BCUT2D eigenvalue weighted by molar-refractivity contribution is 6.33. The highest BCUT2D eigenvalue weighted by Crippen LogP contribution is 2.27. The van der Waals surface area contributed by atoms with Gasteiger partial charge in [-0.15, -0.1) is 0 Å². The van der Waals surface area contributed by atoms with Crippen LogP contribution in [0.15, 0.2) is 18.2 Å². The molecule has 1 aromatic heterocycles. The molecular formula is C12H11ClFN3. The fourth-order valence-corrected chi connectivity index (χ4v) is 2.28. The van der Waals surface area contributed by atoms with Gasteiger partial charge in [-0.3, -0.25) is 0 Å². The number of rotatable bonds is 1. The Hall–Kier alpha value is -1.39. The normalized spacial score (nSPS) is 14.7. The van der Waals surface area contributed by atoms with Gasteiger partial charge < -0.3 is 10.3 Å². The molecular weight excluding hydrogens is 241 g/mol. The highest BCUT2D eigenvalue weighted by Gasteiger charge is 2.16. The predicted molar refractivity (Wildman–Crippen MR) is 64.4 cm³/mol. The van der Waals surface area contributed by atoms with Crippen LogP contribution in [0.4, 0.5) is 4.39 Å². The molecule has 2 N–H and O–H groups in total. The second kappa shape index (κ2) is 4.13. The first-order valence-corrected chi connectivity index (χ1v) is 5.86. The van der Waals surface area contributed by atoms with Gasteiger partial charge in [0.1, 0.15) is 11.6 Å². The summed E-state index contributed by atoms with van der Waals surface area (Å²) in [6.45, 7) is 1.73. The summed E-state index contributed by atoms with van der Waals surface area (Å²) >= 11 is 6.01. The van der Waals surface area contributed by atoms with Crippen molar-refractivity contribution in [1.29, 1.82) is 0 Å². The van der Waals surface area contributed by atoms with Crippen LogP contribution in [0.2, 0.25) is 5.02 Å². The molecule has 5 heteroatoms. The van der Waals surface area contributed by atoms with E-state index in [4.69, 9.17) is 11.6 Å². The minimum absolute atomic E-state index is 0.336. The number of hydrogen-bond acceptors (Lipinski definition) is 2. The molecule has 0 atom stereocenters. The van der Waals surface area contributed by atoms with Crippen LogP contribution >= 0.6 is 11.6 Å². The maximum absolute atomic E-state index is 13.0. The third-order valence-electron chi connectivity index (χ3n) is 2.89. The molecule has 0 unspecified atom stereocenters. The van der Waals surface area contributed by atoms with E-state index >= 15 is 0 Å². The summed E-state index contributed by atoms with van der Waals surface area (Å²) in [7, 11) is 0. The second-order valence-electron chi connectivity index (χ2n) is 4.06. The van der Waals surface area contributed by atoms with Gasteiger partial charge in [0.2, 0.25) is 0 Å². The number of aromatic amines is 1. The Morgan fingerprint density at radius 3 is 3.00 bits per heavy atom. The van der Waals surface area contributed by atoms with Gasteiger partial charge in [-0.25, -0.2) is 9.37 Å². The van der Waals surface area contributed by atoms with Crippen LogP contribution in [0.25, 0.3) is 11.4 Å². The summed E-state index contributed by atoms with van der Waals surface area (Å²) in [5.41, 5.74) is 2.90. The van der Waals surface area contributed by atoms with E-state index in [1.54, 1.807) is 6.07 Å². The summed E-state index contributed by atoms with van der Waals surface area (Å²) in [6, 6.07) is 4.34.